The van der Waals surface area contributed by atoms with Crippen LogP contribution in [-0.2, 0) is 5.41 Å². The van der Waals surface area contributed by atoms with Gasteiger partial charge in [-0.25, -0.2) is 8.78 Å². The topological polar surface area (TPSA) is 0 Å². The van der Waals surface area contributed by atoms with Crippen molar-refractivity contribution in [2.75, 3.05) is 0 Å². The molecule has 0 nitrogen and oxygen atoms in total. The number of rotatable bonds is 1. The zero-order valence-electron chi connectivity index (χ0n) is 9.62. The normalized spacial score (nSPS) is 11.6. The fourth-order valence-corrected chi connectivity index (χ4v) is 1.54. The smallest absolute Gasteiger partial charge is 0.130 e. The first-order valence-electron chi connectivity index (χ1n) is 4.89. The Bertz CT molecular complexity index is 374. The predicted molar refractivity (Wildman–Crippen MR) is 59.8 cm³/mol. The highest BCUT2D eigenvalue weighted by Gasteiger charge is 2.23. The van der Waals surface area contributed by atoms with Crippen molar-refractivity contribution < 1.29 is 8.78 Å². The third-order valence-corrected chi connectivity index (χ3v) is 2.28. The van der Waals surface area contributed by atoms with Crippen molar-refractivity contribution in [3.8, 4) is 0 Å². The SMILES string of the molecule is C=C(C)c1cc(F)c(C(C)(C)C)c(F)c1. The highest BCUT2D eigenvalue weighted by molar-refractivity contribution is 5.62. The van der Waals surface area contributed by atoms with E-state index < -0.39 is 17.0 Å². The highest BCUT2D eigenvalue weighted by Crippen LogP contribution is 2.29. The van der Waals surface area contributed by atoms with Gasteiger partial charge in [-0.05, 0) is 30.0 Å². The number of halogens is 2. The molecule has 0 saturated carbocycles. The van der Waals surface area contributed by atoms with E-state index in [0.29, 0.717) is 11.1 Å². The molecule has 0 saturated heterocycles. The summed E-state index contributed by atoms with van der Waals surface area (Å²) in [4.78, 5) is 0. The fraction of sp³-hybridized carbons (Fsp3) is 0.385. The van der Waals surface area contributed by atoms with Gasteiger partial charge < -0.3 is 0 Å². The van der Waals surface area contributed by atoms with Gasteiger partial charge >= 0.3 is 0 Å². The minimum atomic E-state index is -0.526. The molecule has 1 rings (SSSR count). The molecule has 2 heteroatoms. The standard InChI is InChI=1S/C13H16F2/c1-8(2)9-6-10(14)12(11(15)7-9)13(3,4)5/h6-7H,1H2,2-5H3. The van der Waals surface area contributed by atoms with E-state index in [2.05, 4.69) is 6.58 Å². The summed E-state index contributed by atoms with van der Waals surface area (Å²) in [7, 11) is 0. The Morgan fingerprint density at radius 1 is 1.13 bits per heavy atom. The van der Waals surface area contributed by atoms with Crippen LogP contribution in [0, 0.1) is 11.6 Å². The molecule has 0 atom stereocenters. The van der Waals surface area contributed by atoms with Crippen molar-refractivity contribution in [1.82, 2.24) is 0 Å². The van der Waals surface area contributed by atoms with E-state index in [1.807, 2.05) is 0 Å². The summed E-state index contributed by atoms with van der Waals surface area (Å²) in [6, 6.07) is 2.68. The zero-order chi connectivity index (χ0) is 11.8. The van der Waals surface area contributed by atoms with E-state index in [9.17, 15) is 8.78 Å². The van der Waals surface area contributed by atoms with E-state index in [4.69, 9.17) is 0 Å². The molecule has 0 aliphatic rings. The maximum absolute atomic E-state index is 13.7. The molecule has 0 N–H and O–H groups in total. The Labute approximate surface area is 89.6 Å². The largest absolute Gasteiger partial charge is 0.207 e. The van der Waals surface area contributed by atoms with Crippen LogP contribution in [0.25, 0.3) is 5.57 Å². The van der Waals surface area contributed by atoms with Crippen LogP contribution in [0.1, 0.15) is 38.8 Å². The summed E-state index contributed by atoms with van der Waals surface area (Å²) in [5.41, 5.74) is 0.778. The second-order valence-electron chi connectivity index (χ2n) is 4.85. The first-order chi connectivity index (χ1) is 6.73. The van der Waals surface area contributed by atoms with E-state index in [1.54, 1.807) is 27.7 Å². The molecule has 15 heavy (non-hydrogen) atoms. The first kappa shape index (κ1) is 11.9. The lowest BCUT2D eigenvalue weighted by Crippen LogP contribution is -2.16. The van der Waals surface area contributed by atoms with Crippen LogP contribution in [0.3, 0.4) is 0 Å². The average molecular weight is 210 g/mol. The van der Waals surface area contributed by atoms with Crippen molar-refractivity contribution in [2.45, 2.75) is 33.1 Å². The minimum Gasteiger partial charge on any atom is -0.207 e. The molecule has 0 fully saturated rings. The van der Waals surface area contributed by atoms with Gasteiger partial charge in [-0.1, -0.05) is 32.9 Å². The van der Waals surface area contributed by atoms with Gasteiger partial charge in [-0.3, -0.25) is 0 Å². The van der Waals surface area contributed by atoms with Crippen LogP contribution in [0.15, 0.2) is 18.7 Å². The quantitative estimate of drug-likeness (QED) is 0.648. The molecule has 0 spiro atoms. The van der Waals surface area contributed by atoms with E-state index in [0.717, 1.165) is 0 Å². The Hall–Kier alpha value is -1.18. The molecule has 0 unspecified atom stereocenters. The Morgan fingerprint density at radius 2 is 1.53 bits per heavy atom. The van der Waals surface area contributed by atoms with Crippen LogP contribution in [-0.4, -0.2) is 0 Å². The van der Waals surface area contributed by atoms with Crippen molar-refractivity contribution in [2.24, 2.45) is 0 Å². The van der Waals surface area contributed by atoms with Crippen LogP contribution in [0.4, 0.5) is 8.78 Å². The summed E-state index contributed by atoms with van der Waals surface area (Å²) in [5, 5.41) is 0. The third kappa shape index (κ3) is 2.44. The predicted octanol–water partition coefficient (Wildman–Crippen LogP) is 4.30. The lowest BCUT2D eigenvalue weighted by Gasteiger charge is -2.21. The monoisotopic (exact) mass is 210 g/mol. The lowest BCUT2D eigenvalue weighted by molar-refractivity contribution is 0.475. The molecule has 0 bridgehead atoms. The van der Waals surface area contributed by atoms with Gasteiger partial charge in [0, 0.05) is 5.56 Å². The second-order valence-corrected chi connectivity index (χ2v) is 4.85. The van der Waals surface area contributed by atoms with Crippen LogP contribution in [0.2, 0.25) is 0 Å². The van der Waals surface area contributed by atoms with E-state index >= 15 is 0 Å². The van der Waals surface area contributed by atoms with Gasteiger partial charge in [0.1, 0.15) is 11.6 Å². The Balaban J connectivity index is 3.41. The molecule has 0 heterocycles. The average Bonchev–Trinajstić information content (AvgIpc) is 1.99. The highest BCUT2D eigenvalue weighted by atomic mass is 19.1. The molecular weight excluding hydrogens is 194 g/mol. The molecular formula is C13H16F2. The van der Waals surface area contributed by atoms with Crippen LogP contribution < -0.4 is 0 Å². The molecule has 0 aliphatic carbocycles. The minimum absolute atomic E-state index is 0.132. The summed E-state index contributed by atoms with van der Waals surface area (Å²) in [5.74, 6) is -0.999. The second kappa shape index (κ2) is 3.76. The Kier molecular flexibility index (Phi) is 2.98. The molecule has 1 aromatic carbocycles. The summed E-state index contributed by atoms with van der Waals surface area (Å²) in [6.45, 7) is 10.8. The number of benzene rings is 1. The number of allylic oxidation sites excluding steroid dienone is 1. The van der Waals surface area contributed by atoms with Gasteiger partial charge in [0.15, 0.2) is 0 Å². The maximum Gasteiger partial charge on any atom is 0.130 e. The van der Waals surface area contributed by atoms with Crippen molar-refractivity contribution in [1.29, 1.82) is 0 Å². The molecule has 0 radical (unpaired) electrons. The molecule has 0 aliphatic heterocycles. The zero-order valence-corrected chi connectivity index (χ0v) is 9.62. The summed E-state index contributed by atoms with van der Waals surface area (Å²) < 4.78 is 27.4. The summed E-state index contributed by atoms with van der Waals surface area (Å²) >= 11 is 0. The Morgan fingerprint density at radius 3 is 1.80 bits per heavy atom. The van der Waals surface area contributed by atoms with Crippen molar-refractivity contribution in [3.05, 3.63) is 41.5 Å². The molecule has 0 aromatic heterocycles. The van der Waals surface area contributed by atoms with Crippen molar-refractivity contribution >= 4 is 5.57 Å². The molecule has 82 valence electrons. The third-order valence-electron chi connectivity index (χ3n) is 2.28. The van der Waals surface area contributed by atoms with Gasteiger partial charge in [-0.2, -0.15) is 0 Å². The van der Waals surface area contributed by atoms with Gasteiger partial charge in [-0.15, -0.1) is 0 Å². The van der Waals surface area contributed by atoms with Crippen molar-refractivity contribution in [3.63, 3.8) is 0 Å². The fourth-order valence-electron chi connectivity index (χ4n) is 1.54. The number of hydrogen-bond donors (Lipinski definition) is 0. The summed E-state index contributed by atoms with van der Waals surface area (Å²) in [6.07, 6.45) is 0. The number of hydrogen-bond acceptors (Lipinski definition) is 0. The maximum atomic E-state index is 13.7. The molecule has 0 amide bonds. The van der Waals surface area contributed by atoms with Crippen LogP contribution >= 0.6 is 0 Å². The lowest BCUT2D eigenvalue weighted by atomic mass is 9.85. The van der Waals surface area contributed by atoms with Crippen LogP contribution in [0.5, 0.6) is 0 Å². The molecule has 1 aromatic rings. The van der Waals surface area contributed by atoms with Gasteiger partial charge in [0.2, 0.25) is 0 Å². The van der Waals surface area contributed by atoms with Gasteiger partial charge in [0.25, 0.3) is 0 Å². The van der Waals surface area contributed by atoms with E-state index in [-0.39, 0.29) is 5.56 Å². The first-order valence-corrected chi connectivity index (χ1v) is 4.89. The van der Waals surface area contributed by atoms with E-state index in [1.165, 1.54) is 12.1 Å². The van der Waals surface area contributed by atoms with Gasteiger partial charge in [0.05, 0.1) is 0 Å².